The highest BCUT2D eigenvalue weighted by Crippen LogP contribution is 2.10. The second kappa shape index (κ2) is 5.62. The topological polar surface area (TPSA) is 24.1 Å². The Morgan fingerprint density at radius 3 is 2.81 bits per heavy atom. The van der Waals surface area contributed by atoms with E-state index >= 15 is 0 Å². The first kappa shape index (κ1) is 11.8. The van der Waals surface area contributed by atoms with E-state index < -0.39 is 0 Å². The van der Waals surface area contributed by atoms with E-state index in [1.807, 2.05) is 24.3 Å². The van der Waals surface area contributed by atoms with E-state index in [-0.39, 0.29) is 0 Å². The second-order valence-corrected chi connectivity index (χ2v) is 4.87. The molecule has 1 saturated heterocycles. The van der Waals surface area contributed by atoms with Crippen molar-refractivity contribution in [1.82, 2.24) is 10.6 Å². The molecule has 0 bridgehead atoms. The summed E-state index contributed by atoms with van der Waals surface area (Å²) in [6.45, 7) is 1.85. The highest BCUT2D eigenvalue weighted by Gasteiger charge is 2.17. The summed E-state index contributed by atoms with van der Waals surface area (Å²) in [5, 5.41) is 7.43. The van der Waals surface area contributed by atoms with Crippen LogP contribution in [0.4, 0.5) is 0 Å². The van der Waals surface area contributed by atoms with Gasteiger partial charge in [0.2, 0.25) is 0 Å². The van der Waals surface area contributed by atoms with Gasteiger partial charge < -0.3 is 10.6 Å². The molecule has 2 rings (SSSR count). The van der Waals surface area contributed by atoms with Crippen LogP contribution >= 0.6 is 23.8 Å². The van der Waals surface area contributed by atoms with E-state index in [0.717, 1.165) is 29.5 Å². The van der Waals surface area contributed by atoms with E-state index in [9.17, 15) is 0 Å². The first-order valence-electron chi connectivity index (χ1n) is 5.51. The van der Waals surface area contributed by atoms with Gasteiger partial charge >= 0.3 is 0 Å². The molecule has 0 amide bonds. The van der Waals surface area contributed by atoms with Crippen molar-refractivity contribution in [2.45, 2.75) is 25.4 Å². The molecule has 86 valence electrons. The maximum Gasteiger partial charge on any atom is 0.0928 e. The summed E-state index contributed by atoms with van der Waals surface area (Å²) in [5.74, 6) is 0. The number of hydrogen-bond donors (Lipinski definition) is 2. The molecule has 1 aliphatic heterocycles. The predicted octanol–water partition coefficient (Wildman–Crippen LogP) is 2.51. The van der Waals surface area contributed by atoms with Crippen molar-refractivity contribution in [1.29, 1.82) is 0 Å². The van der Waals surface area contributed by atoms with E-state index in [4.69, 9.17) is 23.8 Å². The van der Waals surface area contributed by atoms with Crippen LogP contribution in [0, 0.1) is 0 Å². The van der Waals surface area contributed by atoms with Gasteiger partial charge in [0, 0.05) is 11.6 Å². The molecule has 1 aromatic carbocycles. The molecule has 0 aliphatic carbocycles. The smallest absolute Gasteiger partial charge is 0.0928 e. The molecule has 0 radical (unpaired) electrons. The van der Waals surface area contributed by atoms with Gasteiger partial charge in [0.15, 0.2) is 0 Å². The standard InChI is InChI=1S/C12H15ClN2S/c13-10-5-3-9(4-6-10)8-15-12(16)11-2-1-7-14-11/h3-6,11,14H,1-2,7-8H2,(H,15,16). The van der Waals surface area contributed by atoms with Crippen LogP contribution in [0.3, 0.4) is 0 Å². The Morgan fingerprint density at radius 2 is 2.19 bits per heavy atom. The summed E-state index contributed by atoms with van der Waals surface area (Å²) < 4.78 is 0. The third-order valence-electron chi connectivity index (χ3n) is 2.76. The summed E-state index contributed by atoms with van der Waals surface area (Å²) >= 11 is 11.2. The average molecular weight is 255 g/mol. The highest BCUT2D eigenvalue weighted by atomic mass is 35.5. The monoisotopic (exact) mass is 254 g/mol. The van der Waals surface area contributed by atoms with Gasteiger partial charge in [0.05, 0.1) is 11.0 Å². The molecule has 0 spiro atoms. The van der Waals surface area contributed by atoms with E-state index in [1.54, 1.807) is 0 Å². The van der Waals surface area contributed by atoms with Crippen LogP contribution in [0.25, 0.3) is 0 Å². The molecule has 4 heteroatoms. The molecule has 1 atom stereocenters. The average Bonchev–Trinajstić information content (AvgIpc) is 2.81. The van der Waals surface area contributed by atoms with Crippen molar-refractivity contribution in [2.24, 2.45) is 0 Å². The zero-order valence-electron chi connectivity index (χ0n) is 9.00. The van der Waals surface area contributed by atoms with Crippen LogP contribution in [-0.2, 0) is 6.54 Å². The Hall–Kier alpha value is -0.640. The van der Waals surface area contributed by atoms with Crippen molar-refractivity contribution < 1.29 is 0 Å². The quantitative estimate of drug-likeness (QED) is 0.811. The van der Waals surface area contributed by atoms with Crippen LogP contribution in [0.15, 0.2) is 24.3 Å². The molecule has 1 unspecified atom stereocenters. The van der Waals surface area contributed by atoms with Crippen LogP contribution in [0.1, 0.15) is 18.4 Å². The number of thiocarbonyl (C=S) groups is 1. The Bertz CT molecular complexity index is 358. The lowest BCUT2D eigenvalue weighted by molar-refractivity contribution is 0.734. The molecule has 1 fully saturated rings. The molecular formula is C12H15ClN2S. The van der Waals surface area contributed by atoms with Crippen molar-refractivity contribution in [3.8, 4) is 0 Å². The molecule has 2 N–H and O–H groups in total. The summed E-state index contributed by atoms with van der Waals surface area (Å²) in [6.07, 6.45) is 2.36. The molecule has 16 heavy (non-hydrogen) atoms. The highest BCUT2D eigenvalue weighted by molar-refractivity contribution is 7.80. The molecule has 1 heterocycles. The Kier molecular flexibility index (Phi) is 4.16. The molecule has 1 aliphatic rings. The van der Waals surface area contributed by atoms with Gasteiger partial charge in [-0.05, 0) is 37.1 Å². The van der Waals surface area contributed by atoms with Gasteiger partial charge in [0.25, 0.3) is 0 Å². The third-order valence-corrected chi connectivity index (χ3v) is 3.44. The fraction of sp³-hybridized carbons (Fsp3) is 0.417. The number of nitrogens with one attached hydrogen (secondary N) is 2. The minimum Gasteiger partial charge on any atom is -0.374 e. The van der Waals surface area contributed by atoms with Gasteiger partial charge in [-0.2, -0.15) is 0 Å². The number of hydrogen-bond acceptors (Lipinski definition) is 2. The van der Waals surface area contributed by atoms with Crippen molar-refractivity contribution >= 4 is 28.8 Å². The Balaban J connectivity index is 1.82. The zero-order valence-corrected chi connectivity index (χ0v) is 10.6. The van der Waals surface area contributed by atoms with Gasteiger partial charge in [-0.15, -0.1) is 0 Å². The molecule has 2 nitrogen and oxygen atoms in total. The van der Waals surface area contributed by atoms with Crippen molar-refractivity contribution in [2.75, 3.05) is 6.54 Å². The lowest BCUT2D eigenvalue weighted by Gasteiger charge is -2.14. The predicted molar refractivity (Wildman–Crippen MR) is 71.9 cm³/mol. The van der Waals surface area contributed by atoms with E-state index in [1.165, 1.54) is 12.0 Å². The van der Waals surface area contributed by atoms with Gasteiger partial charge in [-0.25, -0.2) is 0 Å². The van der Waals surface area contributed by atoms with Gasteiger partial charge in [-0.1, -0.05) is 36.0 Å². The maximum atomic E-state index is 5.82. The summed E-state index contributed by atoms with van der Waals surface area (Å²) in [7, 11) is 0. The molecule has 0 saturated carbocycles. The maximum absolute atomic E-state index is 5.82. The molecular weight excluding hydrogens is 240 g/mol. The number of rotatable bonds is 3. The minimum atomic E-state index is 0.363. The molecule has 1 aromatic rings. The van der Waals surface area contributed by atoms with Crippen molar-refractivity contribution in [3.05, 3.63) is 34.9 Å². The van der Waals surface area contributed by atoms with Crippen LogP contribution in [0.2, 0.25) is 5.02 Å². The lowest BCUT2D eigenvalue weighted by atomic mass is 10.2. The fourth-order valence-corrected chi connectivity index (χ4v) is 2.22. The lowest BCUT2D eigenvalue weighted by Crippen LogP contribution is -2.38. The number of benzene rings is 1. The first-order valence-corrected chi connectivity index (χ1v) is 6.30. The van der Waals surface area contributed by atoms with Gasteiger partial charge in [-0.3, -0.25) is 0 Å². The zero-order chi connectivity index (χ0) is 11.4. The molecule has 0 aromatic heterocycles. The Labute approximate surface area is 106 Å². The van der Waals surface area contributed by atoms with Crippen LogP contribution < -0.4 is 10.6 Å². The fourth-order valence-electron chi connectivity index (χ4n) is 1.82. The van der Waals surface area contributed by atoms with Crippen LogP contribution in [0.5, 0.6) is 0 Å². The van der Waals surface area contributed by atoms with Crippen LogP contribution in [-0.4, -0.2) is 17.6 Å². The summed E-state index contributed by atoms with van der Waals surface area (Å²) in [5.41, 5.74) is 1.20. The largest absolute Gasteiger partial charge is 0.374 e. The van der Waals surface area contributed by atoms with Crippen molar-refractivity contribution in [3.63, 3.8) is 0 Å². The first-order chi connectivity index (χ1) is 7.75. The SMILES string of the molecule is S=C(NCc1ccc(Cl)cc1)C1CCCN1. The van der Waals surface area contributed by atoms with E-state index in [2.05, 4.69) is 10.6 Å². The second-order valence-electron chi connectivity index (χ2n) is 3.99. The van der Waals surface area contributed by atoms with Gasteiger partial charge in [0.1, 0.15) is 0 Å². The number of halogens is 1. The Morgan fingerprint density at radius 1 is 1.44 bits per heavy atom. The third kappa shape index (κ3) is 3.17. The summed E-state index contributed by atoms with van der Waals surface area (Å²) in [4.78, 5) is 0.924. The van der Waals surface area contributed by atoms with E-state index in [0.29, 0.717) is 6.04 Å². The summed E-state index contributed by atoms with van der Waals surface area (Å²) in [6, 6.07) is 8.19. The normalized spacial score (nSPS) is 19.7. The minimum absolute atomic E-state index is 0.363.